The van der Waals surface area contributed by atoms with Crippen LogP contribution in [0, 0.1) is 34.8 Å². The van der Waals surface area contributed by atoms with E-state index >= 15 is 8.78 Å². The molecular weight excluding hydrogens is 929 g/mol. The maximum Gasteiger partial charge on any atom is 0.319 e. The minimum absolute atomic E-state index is 0.0345. The number of hydrogen-bond donors (Lipinski definition) is 3. The van der Waals surface area contributed by atoms with E-state index in [0.29, 0.717) is 90.7 Å². The SMILES string of the molecule is C#Cc1c(F)ccc2cc(O)cc(-c3ncc4c(N5CC6CCC(C5)N6)nc(OCC5(CN6CCC7(CC6)CC(N6CCC(c8cccc(C=O)c8CN(C)C8CCC(=O)NC8=O)CC6)C7)CC5)nc4c3F)c12. The van der Waals surface area contributed by atoms with Gasteiger partial charge in [0.2, 0.25) is 11.8 Å². The van der Waals surface area contributed by atoms with E-state index in [1.54, 1.807) is 6.20 Å². The molecule has 2 aliphatic carbocycles. The van der Waals surface area contributed by atoms with Gasteiger partial charge in [0.15, 0.2) is 5.82 Å². The van der Waals surface area contributed by atoms with Crippen LogP contribution in [0.3, 0.4) is 0 Å². The first-order valence-electron chi connectivity index (χ1n) is 26.4. The van der Waals surface area contributed by atoms with Crippen LogP contribution in [0.1, 0.15) is 110 Å². The highest BCUT2D eigenvalue weighted by molar-refractivity contribution is 6.03. The minimum atomic E-state index is -0.724. The van der Waals surface area contributed by atoms with Crippen LogP contribution in [0.15, 0.2) is 48.7 Å². The number of pyridine rings is 1. The maximum atomic E-state index is 17.2. The van der Waals surface area contributed by atoms with Crippen LogP contribution in [0.2, 0.25) is 0 Å². The van der Waals surface area contributed by atoms with E-state index in [1.807, 2.05) is 24.1 Å². The number of nitrogens with one attached hydrogen (secondary N) is 2. The Balaban J connectivity index is 0.687. The van der Waals surface area contributed by atoms with Crippen molar-refractivity contribution < 1.29 is 33.0 Å². The molecule has 5 aromatic rings. The van der Waals surface area contributed by atoms with E-state index in [1.165, 1.54) is 55.5 Å². The fraction of sp³-hybridized carbons (Fsp3) is 0.509. The van der Waals surface area contributed by atoms with E-state index in [2.05, 4.69) is 42.3 Å². The van der Waals surface area contributed by atoms with Crippen molar-refractivity contribution in [2.45, 2.75) is 114 Å². The Bertz CT molecular complexity index is 3050. The summed E-state index contributed by atoms with van der Waals surface area (Å²) < 4.78 is 38.8. The number of piperazine rings is 1. The van der Waals surface area contributed by atoms with Gasteiger partial charge in [0.05, 0.1) is 23.6 Å². The number of aromatic nitrogens is 3. The molecule has 7 heterocycles. The number of likely N-dealkylation sites (N-methyl/N-ethyl adjacent to an activating group) is 1. The number of likely N-dealkylation sites (tertiary alicyclic amines) is 2. The fourth-order valence-electron chi connectivity index (χ4n) is 13.6. The lowest BCUT2D eigenvalue weighted by Crippen LogP contribution is -2.56. The molecule has 0 radical (unpaired) electrons. The van der Waals surface area contributed by atoms with Gasteiger partial charge in [-0.05, 0) is 150 Å². The van der Waals surface area contributed by atoms with Crippen LogP contribution >= 0.6 is 0 Å². The van der Waals surface area contributed by atoms with Gasteiger partial charge in [0.25, 0.3) is 0 Å². The van der Waals surface area contributed by atoms with Crippen molar-refractivity contribution in [1.29, 1.82) is 0 Å². The van der Waals surface area contributed by atoms with E-state index < -0.39 is 17.7 Å². The molecule has 3 aromatic carbocycles. The van der Waals surface area contributed by atoms with E-state index in [0.717, 1.165) is 83.1 Å². The average molecular weight is 992 g/mol. The van der Waals surface area contributed by atoms with Gasteiger partial charge in [-0.25, -0.2) is 8.78 Å². The lowest BCUT2D eigenvalue weighted by Gasteiger charge is -2.56. The highest BCUT2D eigenvalue weighted by atomic mass is 19.1. The normalized spacial score (nSPS) is 24.3. The number of aromatic hydroxyl groups is 1. The van der Waals surface area contributed by atoms with E-state index in [4.69, 9.17) is 21.1 Å². The number of hydrogen-bond acceptors (Lipinski definition) is 13. The third-order valence-electron chi connectivity index (χ3n) is 17.9. The predicted octanol–water partition coefficient (Wildman–Crippen LogP) is 7.08. The largest absolute Gasteiger partial charge is 0.508 e. The Labute approximate surface area is 424 Å². The summed E-state index contributed by atoms with van der Waals surface area (Å²) in [6.45, 7) is 7.41. The number of phenolic OH excluding ortho intramolecular Hbond substituents is 1. The first kappa shape index (κ1) is 47.9. The highest BCUT2D eigenvalue weighted by Gasteiger charge is 2.51. The van der Waals surface area contributed by atoms with Crippen molar-refractivity contribution in [2.75, 3.05) is 64.4 Å². The summed E-state index contributed by atoms with van der Waals surface area (Å²) in [5.41, 5.74) is 3.30. The summed E-state index contributed by atoms with van der Waals surface area (Å²) in [6.07, 6.45) is 20.2. The number of aldehydes is 1. The molecule has 3 atom stereocenters. The first-order chi connectivity index (χ1) is 35.4. The van der Waals surface area contributed by atoms with Gasteiger partial charge in [-0.15, -0.1) is 6.42 Å². The number of phenols is 1. The number of carbonyl (C=O) groups is 3. The van der Waals surface area contributed by atoms with Gasteiger partial charge in [0.1, 0.15) is 34.9 Å². The Kier molecular flexibility index (Phi) is 12.4. The van der Waals surface area contributed by atoms with Gasteiger partial charge in [-0.1, -0.05) is 30.2 Å². The van der Waals surface area contributed by atoms with Gasteiger partial charge in [0, 0.05) is 78.9 Å². The van der Waals surface area contributed by atoms with Gasteiger partial charge < -0.3 is 29.9 Å². The fourth-order valence-corrected chi connectivity index (χ4v) is 13.6. The Hall–Kier alpha value is -6.12. The number of halogens is 2. The quantitative estimate of drug-likeness (QED) is 0.0626. The van der Waals surface area contributed by atoms with Gasteiger partial charge in [-0.2, -0.15) is 9.97 Å². The summed E-state index contributed by atoms with van der Waals surface area (Å²) in [4.78, 5) is 60.5. The second-order valence-corrected chi connectivity index (χ2v) is 22.6. The molecule has 16 heteroatoms. The van der Waals surface area contributed by atoms with Gasteiger partial charge >= 0.3 is 6.01 Å². The molecule has 2 bridgehead atoms. The molecular formula is C57H63F2N9O5. The van der Waals surface area contributed by atoms with Crippen LogP contribution in [0.4, 0.5) is 14.6 Å². The van der Waals surface area contributed by atoms with Crippen molar-refractivity contribution in [3.05, 3.63) is 82.5 Å². The van der Waals surface area contributed by atoms with Crippen LogP contribution < -0.4 is 20.3 Å². The zero-order valence-corrected chi connectivity index (χ0v) is 41.5. The second-order valence-electron chi connectivity index (χ2n) is 22.6. The van der Waals surface area contributed by atoms with E-state index in [-0.39, 0.29) is 56.7 Å². The van der Waals surface area contributed by atoms with Crippen LogP contribution in [-0.2, 0) is 16.1 Å². The lowest BCUT2D eigenvalue weighted by atomic mass is 9.59. The zero-order valence-electron chi connectivity index (χ0n) is 41.5. The molecule has 7 fully saturated rings. The molecule has 3 N–H and O–H groups in total. The van der Waals surface area contributed by atoms with Gasteiger partial charge in [-0.3, -0.25) is 29.6 Å². The van der Waals surface area contributed by atoms with Crippen molar-refractivity contribution in [3.63, 3.8) is 0 Å². The summed E-state index contributed by atoms with van der Waals surface area (Å²) in [7, 11) is 1.90. The number of terminal acetylenes is 1. The van der Waals surface area contributed by atoms with Crippen LogP contribution in [-0.4, -0.2) is 136 Å². The third-order valence-corrected chi connectivity index (χ3v) is 17.9. The molecule has 2 aromatic heterocycles. The molecule has 7 aliphatic rings. The number of nitrogens with zero attached hydrogens (tertiary/aromatic N) is 7. The van der Waals surface area contributed by atoms with E-state index in [9.17, 15) is 19.5 Å². The monoisotopic (exact) mass is 991 g/mol. The molecule has 5 aliphatic heterocycles. The molecule has 2 saturated carbocycles. The van der Waals surface area contributed by atoms with Crippen molar-refractivity contribution >= 4 is 45.6 Å². The number of ether oxygens (including phenoxy) is 1. The predicted molar refractivity (Wildman–Crippen MR) is 273 cm³/mol. The maximum absolute atomic E-state index is 17.2. The van der Waals surface area contributed by atoms with Crippen molar-refractivity contribution in [2.24, 2.45) is 10.8 Å². The zero-order chi connectivity index (χ0) is 50.2. The topological polar surface area (TPSA) is 156 Å². The standard InChI is InChI=1S/C57H63F2N9O5/c1-3-41-46(58)10-7-35-23-40(70)24-43(49(35)41)51-50(59)52-44(27-60-51)53(68-28-37-8-9-38(29-68)61-37)64-55(63-52)73-33-57(15-16-57)32-66-21-17-56(18-22-66)25-39(26-56)67-19-13-34(14-20-67)42-6-4-5-36(31-69)45(42)30-65(2)47-11-12-48(71)62-54(47)72/h1,4-7,10,23-24,27,31,34,37-39,47,61,70H,8-9,11-22,25-26,28-30,32-33H2,2H3,(H,62,71,72). The minimum Gasteiger partial charge on any atom is -0.508 e. The van der Waals surface area contributed by atoms with Crippen LogP contribution in [0.25, 0.3) is 32.9 Å². The number of piperidine rings is 3. The van der Waals surface area contributed by atoms with Crippen molar-refractivity contribution in [1.82, 2.24) is 40.3 Å². The number of amides is 2. The Morgan fingerprint density at radius 3 is 2.45 bits per heavy atom. The molecule has 1 spiro atoms. The Morgan fingerprint density at radius 1 is 0.973 bits per heavy atom. The average Bonchev–Trinajstić information content (AvgIpc) is 4.07. The second kappa shape index (κ2) is 19.0. The number of rotatable bonds is 13. The first-order valence-corrected chi connectivity index (χ1v) is 26.4. The smallest absolute Gasteiger partial charge is 0.319 e. The summed E-state index contributed by atoms with van der Waals surface area (Å²) in [6, 6.07) is 12.5. The Morgan fingerprint density at radius 2 is 1.74 bits per heavy atom. The molecule has 5 saturated heterocycles. The summed E-state index contributed by atoms with van der Waals surface area (Å²) in [5, 5.41) is 18.1. The number of benzene rings is 3. The molecule has 380 valence electrons. The summed E-state index contributed by atoms with van der Waals surface area (Å²) in [5.74, 6) is 1.37. The number of imide groups is 1. The number of anilines is 1. The third kappa shape index (κ3) is 9.10. The highest BCUT2D eigenvalue weighted by Crippen LogP contribution is 2.53. The molecule has 3 unspecified atom stereocenters. The number of carbonyl (C=O) groups excluding carboxylic acids is 3. The molecule has 73 heavy (non-hydrogen) atoms. The lowest BCUT2D eigenvalue weighted by molar-refractivity contribution is -0.137. The molecule has 2 amide bonds. The summed E-state index contributed by atoms with van der Waals surface area (Å²) >= 11 is 0. The molecule has 12 rings (SSSR count). The number of fused-ring (bicyclic) bond motifs is 4. The molecule has 14 nitrogen and oxygen atoms in total. The van der Waals surface area contributed by atoms with Crippen LogP contribution in [0.5, 0.6) is 11.8 Å². The van der Waals surface area contributed by atoms with Crippen molar-refractivity contribution in [3.8, 4) is 35.4 Å².